The van der Waals surface area contributed by atoms with E-state index >= 15 is 0 Å². The molecule has 0 aliphatic heterocycles. The third-order valence-electron chi connectivity index (χ3n) is 3.78. The monoisotopic (exact) mass is 264 g/mol. The minimum atomic E-state index is -0.826. The largest absolute Gasteiger partial charge is 0.383 e. The lowest BCUT2D eigenvalue weighted by Crippen LogP contribution is -2.44. The Bertz CT molecular complexity index is 339. The Labute approximate surface area is 116 Å². The van der Waals surface area contributed by atoms with Gasteiger partial charge >= 0.3 is 0 Å². The molecule has 0 saturated heterocycles. The second-order valence-corrected chi connectivity index (χ2v) is 5.14. The molecule has 4 nitrogen and oxygen atoms in total. The highest BCUT2D eigenvalue weighted by molar-refractivity contribution is 5.85. The molecule has 0 spiro atoms. The highest BCUT2D eigenvalue weighted by atomic mass is 16.5. The maximum atomic E-state index is 12.7. The van der Waals surface area contributed by atoms with Gasteiger partial charge in [0.05, 0.1) is 12.7 Å². The van der Waals surface area contributed by atoms with Crippen molar-refractivity contribution in [1.29, 1.82) is 5.26 Å². The van der Waals surface area contributed by atoms with Crippen LogP contribution in [0.1, 0.15) is 38.5 Å². The minimum absolute atomic E-state index is 0.0474. The number of methoxy groups -OCH3 is 1. The first-order valence-corrected chi connectivity index (χ1v) is 7.00. The SMILES string of the molecule is C=CCN(CCOC)C(=O)C1(C#N)CCCCCC1. The molecule has 1 saturated carbocycles. The van der Waals surface area contributed by atoms with Gasteiger partial charge in [-0.15, -0.1) is 6.58 Å². The zero-order valence-corrected chi connectivity index (χ0v) is 11.9. The predicted octanol–water partition coefficient (Wildman–Crippen LogP) is 2.51. The molecule has 0 atom stereocenters. The fraction of sp³-hybridized carbons (Fsp3) is 0.733. The molecule has 0 heterocycles. The average molecular weight is 264 g/mol. The van der Waals surface area contributed by atoms with E-state index in [2.05, 4.69) is 12.6 Å². The zero-order chi connectivity index (χ0) is 14.1. The average Bonchev–Trinajstić information content (AvgIpc) is 2.69. The molecule has 1 aliphatic carbocycles. The van der Waals surface area contributed by atoms with Gasteiger partial charge in [-0.25, -0.2) is 0 Å². The van der Waals surface area contributed by atoms with Crippen LogP contribution in [0.25, 0.3) is 0 Å². The molecule has 4 heteroatoms. The van der Waals surface area contributed by atoms with Gasteiger partial charge in [-0.2, -0.15) is 5.26 Å². The van der Waals surface area contributed by atoms with Crippen molar-refractivity contribution in [3.05, 3.63) is 12.7 Å². The van der Waals surface area contributed by atoms with E-state index in [9.17, 15) is 10.1 Å². The maximum Gasteiger partial charge on any atom is 0.243 e. The molecule has 1 amide bonds. The number of amides is 1. The highest BCUT2D eigenvalue weighted by Gasteiger charge is 2.41. The number of hydrogen-bond acceptors (Lipinski definition) is 3. The lowest BCUT2D eigenvalue weighted by Gasteiger charge is -2.31. The van der Waals surface area contributed by atoms with Gasteiger partial charge in [0.2, 0.25) is 5.91 Å². The Morgan fingerprint density at radius 3 is 2.53 bits per heavy atom. The minimum Gasteiger partial charge on any atom is -0.383 e. The molecule has 0 bridgehead atoms. The predicted molar refractivity (Wildman–Crippen MR) is 74.4 cm³/mol. The van der Waals surface area contributed by atoms with Crippen LogP contribution in [-0.4, -0.2) is 37.6 Å². The van der Waals surface area contributed by atoms with Gasteiger partial charge in [-0.1, -0.05) is 31.8 Å². The van der Waals surface area contributed by atoms with E-state index in [1.54, 1.807) is 18.1 Å². The Morgan fingerprint density at radius 1 is 1.42 bits per heavy atom. The van der Waals surface area contributed by atoms with E-state index in [1.807, 2.05) is 0 Å². The van der Waals surface area contributed by atoms with Crippen molar-refractivity contribution in [2.24, 2.45) is 5.41 Å². The zero-order valence-electron chi connectivity index (χ0n) is 11.9. The Kier molecular flexibility index (Phi) is 6.58. The molecule has 1 rings (SSSR count). The highest BCUT2D eigenvalue weighted by Crippen LogP contribution is 2.36. The Hall–Kier alpha value is -1.34. The summed E-state index contributed by atoms with van der Waals surface area (Å²) < 4.78 is 5.04. The van der Waals surface area contributed by atoms with Crippen LogP contribution in [-0.2, 0) is 9.53 Å². The molecular weight excluding hydrogens is 240 g/mol. The van der Waals surface area contributed by atoms with Gasteiger partial charge in [-0.3, -0.25) is 4.79 Å². The number of nitrogens with zero attached hydrogens (tertiary/aromatic N) is 2. The Morgan fingerprint density at radius 2 is 2.05 bits per heavy atom. The standard InChI is InChI=1S/C15H24N2O2/c1-3-10-17(11-12-19-2)14(18)15(13-16)8-6-4-5-7-9-15/h3H,1,4-12H2,2H3. The van der Waals surface area contributed by atoms with E-state index in [0.717, 1.165) is 25.7 Å². The molecule has 1 aliphatic rings. The van der Waals surface area contributed by atoms with Gasteiger partial charge in [-0.05, 0) is 12.8 Å². The van der Waals surface area contributed by atoms with E-state index in [1.165, 1.54) is 0 Å². The number of carbonyl (C=O) groups is 1. The molecule has 0 unspecified atom stereocenters. The molecule has 0 N–H and O–H groups in total. The van der Waals surface area contributed by atoms with Crippen molar-refractivity contribution < 1.29 is 9.53 Å². The molecule has 0 aromatic carbocycles. The summed E-state index contributed by atoms with van der Waals surface area (Å²) in [5.41, 5.74) is -0.826. The van der Waals surface area contributed by atoms with Crippen molar-refractivity contribution in [3.63, 3.8) is 0 Å². The van der Waals surface area contributed by atoms with Crippen LogP contribution in [0, 0.1) is 16.7 Å². The van der Waals surface area contributed by atoms with Crippen molar-refractivity contribution in [3.8, 4) is 6.07 Å². The number of rotatable bonds is 6. The molecule has 19 heavy (non-hydrogen) atoms. The van der Waals surface area contributed by atoms with Gasteiger partial charge in [0.1, 0.15) is 5.41 Å². The van der Waals surface area contributed by atoms with Gasteiger partial charge in [0, 0.05) is 20.2 Å². The molecule has 0 radical (unpaired) electrons. The van der Waals surface area contributed by atoms with Gasteiger partial charge in [0.15, 0.2) is 0 Å². The lowest BCUT2D eigenvalue weighted by molar-refractivity contribution is -0.139. The number of nitriles is 1. The van der Waals surface area contributed by atoms with Crippen LogP contribution in [0.5, 0.6) is 0 Å². The van der Waals surface area contributed by atoms with Crippen LogP contribution >= 0.6 is 0 Å². The van der Waals surface area contributed by atoms with Gasteiger partial charge in [0.25, 0.3) is 0 Å². The van der Waals surface area contributed by atoms with Crippen LogP contribution in [0.4, 0.5) is 0 Å². The summed E-state index contributed by atoms with van der Waals surface area (Å²) in [5, 5.41) is 9.52. The van der Waals surface area contributed by atoms with E-state index in [-0.39, 0.29) is 5.91 Å². The first kappa shape index (κ1) is 15.7. The summed E-state index contributed by atoms with van der Waals surface area (Å²) in [4.78, 5) is 14.4. The lowest BCUT2D eigenvalue weighted by atomic mass is 9.80. The van der Waals surface area contributed by atoms with E-state index < -0.39 is 5.41 Å². The number of ether oxygens (including phenoxy) is 1. The summed E-state index contributed by atoms with van der Waals surface area (Å²) in [5.74, 6) is -0.0474. The van der Waals surface area contributed by atoms with E-state index in [4.69, 9.17) is 4.74 Å². The van der Waals surface area contributed by atoms with E-state index in [0.29, 0.717) is 32.5 Å². The molecule has 0 aromatic heterocycles. The molecular formula is C15H24N2O2. The Balaban J connectivity index is 2.83. The number of hydrogen-bond donors (Lipinski definition) is 0. The van der Waals surface area contributed by atoms with Crippen molar-refractivity contribution in [2.45, 2.75) is 38.5 Å². The second kappa shape index (κ2) is 7.96. The smallest absolute Gasteiger partial charge is 0.243 e. The first-order valence-electron chi connectivity index (χ1n) is 7.00. The summed E-state index contributed by atoms with van der Waals surface area (Å²) in [6, 6.07) is 2.31. The van der Waals surface area contributed by atoms with Crippen molar-refractivity contribution in [2.75, 3.05) is 26.8 Å². The molecule has 0 aromatic rings. The fourth-order valence-corrected chi connectivity index (χ4v) is 2.64. The maximum absolute atomic E-state index is 12.7. The topological polar surface area (TPSA) is 53.3 Å². The van der Waals surface area contributed by atoms with Crippen LogP contribution in [0.3, 0.4) is 0 Å². The fourth-order valence-electron chi connectivity index (χ4n) is 2.64. The van der Waals surface area contributed by atoms with Crippen LogP contribution < -0.4 is 0 Å². The van der Waals surface area contributed by atoms with Gasteiger partial charge < -0.3 is 9.64 Å². The molecule has 106 valence electrons. The third-order valence-corrected chi connectivity index (χ3v) is 3.78. The molecule has 1 fully saturated rings. The second-order valence-electron chi connectivity index (χ2n) is 5.14. The normalized spacial score (nSPS) is 18.1. The van der Waals surface area contributed by atoms with Crippen molar-refractivity contribution in [1.82, 2.24) is 4.90 Å². The quantitative estimate of drug-likeness (QED) is 0.547. The van der Waals surface area contributed by atoms with Crippen molar-refractivity contribution >= 4 is 5.91 Å². The first-order chi connectivity index (χ1) is 9.20. The summed E-state index contributed by atoms with van der Waals surface area (Å²) in [7, 11) is 1.61. The third kappa shape index (κ3) is 4.07. The number of carbonyl (C=O) groups excluding carboxylic acids is 1. The summed E-state index contributed by atoms with van der Waals surface area (Å²) >= 11 is 0. The summed E-state index contributed by atoms with van der Waals surface area (Å²) in [6.45, 7) is 5.17. The van der Waals surface area contributed by atoms with Crippen LogP contribution in [0.2, 0.25) is 0 Å². The summed E-state index contributed by atoms with van der Waals surface area (Å²) in [6.07, 6.45) is 7.24. The van der Waals surface area contributed by atoms with Crippen LogP contribution in [0.15, 0.2) is 12.7 Å².